The van der Waals surface area contributed by atoms with Gasteiger partial charge in [-0.2, -0.15) is 0 Å². The van der Waals surface area contributed by atoms with E-state index in [1.807, 2.05) is 21.1 Å². The quantitative estimate of drug-likeness (QED) is 0.0195. The van der Waals surface area contributed by atoms with Crippen molar-refractivity contribution in [3.63, 3.8) is 0 Å². The van der Waals surface area contributed by atoms with Crippen LogP contribution in [0.2, 0.25) is 0 Å². The number of hydrogen-bond donors (Lipinski definition) is 0. The van der Waals surface area contributed by atoms with Gasteiger partial charge in [-0.15, -0.1) is 0 Å². The fourth-order valence-electron chi connectivity index (χ4n) is 9.69. The van der Waals surface area contributed by atoms with Gasteiger partial charge in [0.2, 0.25) is 0 Å². The second-order valence-electron chi connectivity index (χ2n) is 25.5. The van der Waals surface area contributed by atoms with Gasteiger partial charge in [0, 0.05) is 12.8 Å². The van der Waals surface area contributed by atoms with E-state index in [1.54, 1.807) is 0 Å². The van der Waals surface area contributed by atoms with E-state index in [4.69, 9.17) is 18.9 Å². The average molecular weight is 1310 g/mol. The Morgan fingerprint density at radius 1 is 0.316 bits per heavy atom. The summed E-state index contributed by atoms with van der Waals surface area (Å²) in [5, 5.41) is 11.8. The maximum absolute atomic E-state index is 12.9. The molecule has 0 spiro atoms. The third-order valence-corrected chi connectivity index (χ3v) is 15.3. The fourth-order valence-corrected chi connectivity index (χ4v) is 9.69. The molecule has 0 rings (SSSR count). The lowest BCUT2D eigenvalue weighted by molar-refractivity contribution is -0.870. The maximum atomic E-state index is 12.9. The molecular weight excluding hydrogens is 1170 g/mol. The van der Waals surface area contributed by atoms with Crippen molar-refractivity contribution in [1.82, 2.24) is 0 Å². The summed E-state index contributed by atoms with van der Waals surface area (Å²) in [7, 11) is 5.91. The Morgan fingerprint density at radius 2 is 0.568 bits per heavy atom. The van der Waals surface area contributed by atoms with Crippen LogP contribution in [0.4, 0.5) is 0 Å². The van der Waals surface area contributed by atoms with E-state index in [1.165, 1.54) is 96.3 Å². The van der Waals surface area contributed by atoms with Crippen LogP contribution < -0.4 is 5.11 Å². The van der Waals surface area contributed by atoms with E-state index in [9.17, 15) is 19.5 Å². The van der Waals surface area contributed by atoms with Crippen LogP contribution in [0, 0.1) is 0 Å². The molecule has 534 valence electrons. The molecule has 9 nitrogen and oxygen atoms in total. The number of nitrogens with zero attached hydrogens (tertiary/aromatic N) is 1. The van der Waals surface area contributed by atoms with Crippen LogP contribution in [0.25, 0.3) is 0 Å². The van der Waals surface area contributed by atoms with E-state index >= 15 is 0 Å². The van der Waals surface area contributed by atoms with Crippen LogP contribution in [0.1, 0.15) is 271 Å². The van der Waals surface area contributed by atoms with E-state index in [0.717, 1.165) is 141 Å². The van der Waals surface area contributed by atoms with Crippen molar-refractivity contribution in [1.29, 1.82) is 0 Å². The minimum absolute atomic E-state index is 0.132. The number of carboxylic acids is 1. The number of quaternary nitrogens is 1. The van der Waals surface area contributed by atoms with Gasteiger partial charge in [-0.1, -0.05) is 311 Å². The van der Waals surface area contributed by atoms with Crippen LogP contribution in [0.15, 0.2) is 194 Å². The summed E-state index contributed by atoms with van der Waals surface area (Å²) in [5.74, 6) is -2.34. The molecular formula is C86H137NO8. The molecule has 0 radical (unpaired) electrons. The van der Waals surface area contributed by atoms with Crippen LogP contribution >= 0.6 is 0 Å². The highest BCUT2D eigenvalue weighted by Crippen LogP contribution is 2.16. The number of carboxylic acid groups (broad SMARTS) is 1. The first kappa shape index (κ1) is 89.1. The second kappa shape index (κ2) is 73.9. The van der Waals surface area contributed by atoms with Gasteiger partial charge in [0.15, 0.2) is 12.4 Å². The number of hydrogen-bond acceptors (Lipinski definition) is 8. The van der Waals surface area contributed by atoms with Crippen molar-refractivity contribution in [3.05, 3.63) is 194 Å². The highest BCUT2D eigenvalue weighted by molar-refractivity contribution is 5.70. The van der Waals surface area contributed by atoms with E-state index < -0.39 is 24.3 Å². The molecule has 0 bridgehead atoms. The van der Waals surface area contributed by atoms with Crippen molar-refractivity contribution in [2.75, 3.05) is 47.5 Å². The summed E-state index contributed by atoms with van der Waals surface area (Å²) >= 11 is 0. The molecule has 0 amide bonds. The molecule has 95 heavy (non-hydrogen) atoms. The van der Waals surface area contributed by atoms with Gasteiger partial charge >= 0.3 is 11.9 Å². The standard InChI is InChI=1S/C86H137NO8/c1-6-8-10-12-14-16-18-20-22-24-26-28-30-32-34-36-38-39-40-41-42-43-44-45-47-48-50-52-54-56-58-60-62-64-66-68-70-72-74-76-83(88)93-80-82(81-94-86(85(90)91)92-79-78-87(3,4)5)95-84(89)77-75-73-71-69-67-65-63-61-59-57-55-53-51-49-46-37-35-33-31-29-27-25-23-21-19-17-15-13-11-9-7-2/h8-11,14-17,20-23,26-29,32-35,38-39,41-42,46,49,53,55,59,61,65,67,82,86H,6-7,12-13,18-19,24-25,30-31,36-37,40,43-45,47-48,50-52,54,56-58,60,62-64,66,68-81H2,1-5H3/b10-8-,11-9-,16-14-,17-15-,22-20-,23-21-,28-26-,29-27-,34-32-,35-33-,39-38-,42-41-,49-46-,55-53-,61-59-,67-65-. The third kappa shape index (κ3) is 75.4. The minimum Gasteiger partial charge on any atom is -0.545 e. The van der Waals surface area contributed by atoms with Crippen molar-refractivity contribution < 1.29 is 42.9 Å². The van der Waals surface area contributed by atoms with Gasteiger partial charge in [-0.05, 0) is 141 Å². The van der Waals surface area contributed by atoms with Crippen LogP contribution in [0.3, 0.4) is 0 Å². The largest absolute Gasteiger partial charge is 0.545 e. The smallest absolute Gasteiger partial charge is 0.306 e. The average Bonchev–Trinajstić information content (AvgIpc) is 3.24. The molecule has 0 aliphatic carbocycles. The molecule has 0 aromatic heterocycles. The van der Waals surface area contributed by atoms with Crippen molar-refractivity contribution in [2.45, 2.75) is 283 Å². The molecule has 0 heterocycles. The number of allylic oxidation sites excluding steroid dienone is 32. The fraction of sp³-hybridized carbons (Fsp3) is 0.593. The zero-order valence-electron chi connectivity index (χ0n) is 61.0. The van der Waals surface area contributed by atoms with E-state index in [-0.39, 0.29) is 38.6 Å². The Labute approximate surface area is 582 Å². The Morgan fingerprint density at radius 3 is 0.853 bits per heavy atom. The summed E-state index contributed by atoms with van der Waals surface area (Å²) in [5.41, 5.74) is 0. The highest BCUT2D eigenvalue weighted by atomic mass is 16.7. The lowest BCUT2D eigenvalue weighted by Crippen LogP contribution is -2.44. The predicted molar refractivity (Wildman–Crippen MR) is 407 cm³/mol. The number of rotatable bonds is 67. The number of esters is 2. The zero-order valence-corrected chi connectivity index (χ0v) is 61.0. The molecule has 0 fully saturated rings. The highest BCUT2D eigenvalue weighted by Gasteiger charge is 2.22. The van der Waals surface area contributed by atoms with Crippen molar-refractivity contribution >= 4 is 17.9 Å². The molecule has 0 aromatic rings. The van der Waals surface area contributed by atoms with Crippen LogP contribution in [-0.4, -0.2) is 82.3 Å². The summed E-state index contributed by atoms with van der Waals surface area (Å²) in [6, 6.07) is 0. The summed E-state index contributed by atoms with van der Waals surface area (Å²) in [6.07, 6.45) is 111. The van der Waals surface area contributed by atoms with Gasteiger partial charge in [0.1, 0.15) is 13.2 Å². The Kier molecular flexibility index (Phi) is 69.4. The molecule has 0 N–H and O–H groups in total. The van der Waals surface area contributed by atoms with Gasteiger partial charge in [0.25, 0.3) is 0 Å². The Balaban J connectivity index is 4.17. The number of ether oxygens (including phenoxy) is 4. The number of carbonyl (C=O) groups is 3. The zero-order chi connectivity index (χ0) is 69.0. The molecule has 0 saturated carbocycles. The van der Waals surface area contributed by atoms with Crippen LogP contribution in [-0.2, 0) is 33.3 Å². The first-order chi connectivity index (χ1) is 46.6. The monoisotopic (exact) mass is 1310 g/mol. The van der Waals surface area contributed by atoms with Gasteiger partial charge in [-0.25, -0.2) is 0 Å². The molecule has 2 atom stereocenters. The number of carbonyl (C=O) groups excluding carboxylic acids is 3. The lowest BCUT2D eigenvalue weighted by atomic mass is 10.0. The van der Waals surface area contributed by atoms with Gasteiger partial charge < -0.3 is 33.3 Å². The molecule has 0 aromatic carbocycles. The van der Waals surface area contributed by atoms with Gasteiger partial charge in [0.05, 0.1) is 40.3 Å². The van der Waals surface area contributed by atoms with E-state index in [0.29, 0.717) is 17.4 Å². The molecule has 2 unspecified atom stereocenters. The summed E-state index contributed by atoms with van der Waals surface area (Å²) in [6.45, 7) is 4.47. The van der Waals surface area contributed by atoms with Crippen molar-refractivity contribution in [3.8, 4) is 0 Å². The normalized spacial score (nSPS) is 13.8. The first-order valence-corrected chi connectivity index (χ1v) is 37.6. The minimum atomic E-state index is -1.64. The van der Waals surface area contributed by atoms with Crippen LogP contribution in [0.5, 0.6) is 0 Å². The van der Waals surface area contributed by atoms with Gasteiger partial charge in [-0.3, -0.25) is 9.59 Å². The third-order valence-electron chi connectivity index (χ3n) is 15.3. The van der Waals surface area contributed by atoms with E-state index in [2.05, 4.69) is 208 Å². The maximum Gasteiger partial charge on any atom is 0.306 e. The first-order valence-electron chi connectivity index (χ1n) is 37.6. The number of aliphatic carboxylic acids is 1. The second-order valence-corrected chi connectivity index (χ2v) is 25.5. The van der Waals surface area contributed by atoms with Crippen molar-refractivity contribution in [2.24, 2.45) is 0 Å². The number of likely N-dealkylation sites (N-methyl/N-ethyl adjacent to an activating group) is 1. The Hall–Kier alpha value is -5.87. The molecule has 0 saturated heterocycles. The summed E-state index contributed by atoms with van der Waals surface area (Å²) in [4.78, 5) is 37.5. The topological polar surface area (TPSA) is 111 Å². The lowest BCUT2D eigenvalue weighted by Gasteiger charge is -2.26. The SMILES string of the molecule is CC/C=C\C/C=C\C/C=C\C/C=C\C/C=C\C/C=C\C/C=C\C/C=C\C/C=C\CCCCCC(=O)OC(COC(=O)CCCCCCCCCCCCCCCCCCC/C=C\C/C=C\C/C=C\C/C=C\C/C=C\C/C=C\C/C=C\CC)COC(OCC[N+](C)(C)C)C(=O)[O-]. The molecule has 0 aliphatic rings. The molecule has 9 heteroatoms. The number of unbranched alkanes of at least 4 members (excludes halogenated alkanes) is 20. The molecule has 0 aliphatic heterocycles. The summed E-state index contributed by atoms with van der Waals surface area (Å²) < 4.78 is 22.8. The Bertz CT molecular complexity index is 2270. The predicted octanol–water partition coefficient (Wildman–Crippen LogP) is 22.8.